The maximum absolute atomic E-state index is 14.1. The van der Waals surface area contributed by atoms with Gasteiger partial charge in [-0.25, -0.2) is 14.4 Å². The molecule has 0 saturated carbocycles. The van der Waals surface area contributed by atoms with E-state index in [-0.39, 0.29) is 0 Å². The van der Waals surface area contributed by atoms with Crippen LogP contribution in [-0.4, -0.2) is 26.5 Å². The van der Waals surface area contributed by atoms with Crippen LogP contribution < -0.4 is 4.74 Å². The van der Waals surface area contributed by atoms with Crippen molar-refractivity contribution >= 4 is 11.0 Å². The highest BCUT2D eigenvalue weighted by Gasteiger charge is 2.21. The molecule has 0 unspecified atom stereocenters. The predicted octanol–water partition coefficient (Wildman–Crippen LogP) is 4.57. The average Bonchev–Trinajstić information content (AvgIpc) is 2.94. The molecule has 1 N–H and O–H groups in total. The molecule has 6 heteroatoms. The summed E-state index contributed by atoms with van der Waals surface area (Å²) in [5.74, 6) is 1.84. The molecule has 0 bridgehead atoms. The number of rotatable bonds is 5. The van der Waals surface area contributed by atoms with Crippen molar-refractivity contribution in [3.8, 4) is 17.3 Å². The summed E-state index contributed by atoms with van der Waals surface area (Å²) >= 11 is 0. The van der Waals surface area contributed by atoms with E-state index in [0.717, 1.165) is 22.5 Å². The van der Waals surface area contributed by atoms with Crippen LogP contribution in [0.5, 0.6) is 5.75 Å². The highest BCUT2D eigenvalue weighted by Crippen LogP contribution is 2.28. The average molecular weight is 342 g/mol. The third-order valence-corrected chi connectivity index (χ3v) is 3.84. The number of hydrogen-bond acceptors (Lipinski definition) is 4. The van der Waals surface area contributed by atoms with Crippen LogP contribution in [0, 0.1) is 12.8 Å². The quantitative estimate of drug-likeness (QED) is 0.738. The Morgan fingerprint density at radius 1 is 1.20 bits per heavy atom. The smallest absolute Gasteiger partial charge is 0.157 e. The van der Waals surface area contributed by atoms with Crippen LogP contribution in [0.1, 0.15) is 39.0 Å². The summed E-state index contributed by atoms with van der Waals surface area (Å²) in [5.41, 5.74) is 1.99. The third-order valence-electron chi connectivity index (χ3n) is 3.84. The monoisotopic (exact) mass is 342 g/mol. The number of aromatic nitrogens is 4. The fraction of sp³-hybridized carbons (Fsp3) is 0.421. The van der Waals surface area contributed by atoms with Gasteiger partial charge < -0.3 is 9.72 Å². The molecule has 0 amide bonds. The SMILES string of the molecule is Cc1cc(OCC(C)C)cnc1-c1nc2cc(C(C)(C)F)ncc2[nH]1. The Balaban J connectivity index is 1.93. The lowest BCUT2D eigenvalue weighted by atomic mass is 10.1. The standard InChI is InChI=1S/C19H23FN4O/c1-11(2)10-25-13-6-12(3)17(22-8-13)18-23-14-7-16(19(4,5)20)21-9-15(14)24-18/h6-9,11H,10H2,1-5H3,(H,23,24). The summed E-state index contributed by atoms with van der Waals surface area (Å²) in [6.45, 7) is 9.78. The van der Waals surface area contributed by atoms with Crippen molar-refractivity contribution in [3.63, 3.8) is 0 Å². The molecule has 0 radical (unpaired) electrons. The number of hydrogen-bond donors (Lipinski definition) is 1. The minimum Gasteiger partial charge on any atom is -0.492 e. The molecule has 0 fully saturated rings. The van der Waals surface area contributed by atoms with Crippen molar-refractivity contribution < 1.29 is 9.13 Å². The van der Waals surface area contributed by atoms with Gasteiger partial charge in [0.1, 0.15) is 17.1 Å². The van der Waals surface area contributed by atoms with Gasteiger partial charge in [0.25, 0.3) is 0 Å². The van der Waals surface area contributed by atoms with Gasteiger partial charge in [0, 0.05) is 0 Å². The number of aromatic amines is 1. The van der Waals surface area contributed by atoms with E-state index in [4.69, 9.17) is 4.74 Å². The summed E-state index contributed by atoms with van der Waals surface area (Å²) < 4.78 is 19.8. The molecule has 0 aliphatic rings. The number of halogens is 1. The number of nitrogens with one attached hydrogen (secondary N) is 1. The predicted molar refractivity (Wildman–Crippen MR) is 96.3 cm³/mol. The summed E-state index contributed by atoms with van der Waals surface area (Å²) in [4.78, 5) is 16.4. The molecule has 25 heavy (non-hydrogen) atoms. The molecule has 0 aliphatic carbocycles. The molecule has 3 aromatic rings. The van der Waals surface area contributed by atoms with Crippen molar-refractivity contribution in [3.05, 3.63) is 35.8 Å². The van der Waals surface area contributed by atoms with Gasteiger partial charge in [0.05, 0.1) is 35.7 Å². The van der Waals surface area contributed by atoms with Gasteiger partial charge in [-0.1, -0.05) is 13.8 Å². The van der Waals surface area contributed by atoms with Crippen molar-refractivity contribution in [1.29, 1.82) is 0 Å². The van der Waals surface area contributed by atoms with E-state index in [2.05, 4.69) is 33.8 Å². The van der Waals surface area contributed by atoms with Gasteiger partial charge >= 0.3 is 0 Å². The van der Waals surface area contributed by atoms with Crippen molar-refractivity contribution in [1.82, 2.24) is 19.9 Å². The van der Waals surface area contributed by atoms with Crippen LogP contribution in [0.2, 0.25) is 0 Å². The summed E-state index contributed by atoms with van der Waals surface area (Å²) in [6, 6.07) is 3.62. The minimum atomic E-state index is -1.50. The lowest BCUT2D eigenvalue weighted by molar-refractivity contribution is 0.214. The van der Waals surface area contributed by atoms with Gasteiger partial charge in [0.2, 0.25) is 0 Å². The molecule has 0 aromatic carbocycles. The van der Waals surface area contributed by atoms with E-state index in [1.54, 1.807) is 18.5 Å². The molecule has 5 nitrogen and oxygen atoms in total. The van der Waals surface area contributed by atoms with E-state index in [1.807, 2.05) is 13.0 Å². The zero-order valence-corrected chi connectivity index (χ0v) is 15.2. The molecular weight excluding hydrogens is 319 g/mol. The van der Waals surface area contributed by atoms with Crippen molar-refractivity contribution in [2.24, 2.45) is 5.92 Å². The first-order valence-corrected chi connectivity index (χ1v) is 8.39. The van der Waals surface area contributed by atoms with Crippen LogP contribution in [0.25, 0.3) is 22.6 Å². The van der Waals surface area contributed by atoms with E-state index in [1.165, 1.54) is 13.8 Å². The zero-order chi connectivity index (χ0) is 18.2. The first kappa shape index (κ1) is 17.3. The Hall–Kier alpha value is -2.50. The van der Waals surface area contributed by atoms with Gasteiger partial charge in [-0.3, -0.25) is 4.98 Å². The maximum Gasteiger partial charge on any atom is 0.157 e. The summed E-state index contributed by atoms with van der Waals surface area (Å²) in [5, 5.41) is 0. The van der Waals surface area contributed by atoms with Gasteiger partial charge in [-0.05, 0) is 44.4 Å². The maximum atomic E-state index is 14.1. The van der Waals surface area contributed by atoms with E-state index in [0.29, 0.717) is 29.6 Å². The number of aryl methyl sites for hydroxylation is 1. The first-order chi connectivity index (χ1) is 11.7. The second-order valence-corrected chi connectivity index (χ2v) is 7.19. The summed E-state index contributed by atoms with van der Waals surface area (Å²) in [7, 11) is 0. The second kappa shape index (κ2) is 6.43. The Bertz CT molecular complexity index is 896. The normalized spacial score (nSPS) is 12.1. The number of nitrogens with zero attached hydrogens (tertiary/aromatic N) is 3. The second-order valence-electron chi connectivity index (χ2n) is 7.19. The molecule has 0 saturated heterocycles. The van der Waals surface area contributed by atoms with Gasteiger partial charge in [-0.15, -0.1) is 0 Å². The number of ether oxygens (including phenoxy) is 1. The topological polar surface area (TPSA) is 63.7 Å². The Kier molecular flexibility index (Phi) is 4.45. The lowest BCUT2D eigenvalue weighted by Gasteiger charge is -2.12. The number of pyridine rings is 2. The van der Waals surface area contributed by atoms with Crippen molar-refractivity contribution in [2.45, 2.75) is 40.3 Å². The Morgan fingerprint density at radius 3 is 2.60 bits per heavy atom. The fourth-order valence-corrected chi connectivity index (χ4v) is 2.49. The van der Waals surface area contributed by atoms with Crippen molar-refractivity contribution in [2.75, 3.05) is 6.61 Å². The van der Waals surface area contributed by atoms with E-state index < -0.39 is 5.67 Å². The third kappa shape index (κ3) is 3.78. The largest absolute Gasteiger partial charge is 0.492 e. The molecule has 0 aliphatic heterocycles. The van der Waals surface area contributed by atoms with Crippen LogP contribution in [-0.2, 0) is 5.67 Å². The molecule has 3 aromatic heterocycles. The van der Waals surface area contributed by atoms with E-state index >= 15 is 0 Å². The zero-order valence-electron chi connectivity index (χ0n) is 15.2. The highest BCUT2D eigenvalue weighted by molar-refractivity contribution is 5.79. The van der Waals surface area contributed by atoms with Crippen LogP contribution >= 0.6 is 0 Å². The van der Waals surface area contributed by atoms with Crippen LogP contribution in [0.15, 0.2) is 24.5 Å². The molecular formula is C19H23FN4O. The summed E-state index contributed by atoms with van der Waals surface area (Å²) in [6.07, 6.45) is 3.31. The van der Waals surface area contributed by atoms with Crippen LogP contribution in [0.4, 0.5) is 4.39 Å². The van der Waals surface area contributed by atoms with Gasteiger partial charge in [-0.2, -0.15) is 0 Å². The van der Waals surface area contributed by atoms with E-state index in [9.17, 15) is 4.39 Å². The molecule has 3 rings (SSSR count). The lowest BCUT2D eigenvalue weighted by Crippen LogP contribution is -2.10. The minimum absolute atomic E-state index is 0.361. The fourth-order valence-electron chi connectivity index (χ4n) is 2.49. The number of H-pyrrole nitrogens is 1. The molecule has 3 heterocycles. The number of alkyl halides is 1. The number of imidazole rings is 1. The molecule has 132 valence electrons. The molecule has 0 atom stereocenters. The Labute approximate surface area is 146 Å². The van der Waals surface area contributed by atoms with Gasteiger partial charge in [0.15, 0.2) is 5.82 Å². The number of fused-ring (bicyclic) bond motifs is 1. The van der Waals surface area contributed by atoms with Crippen LogP contribution in [0.3, 0.4) is 0 Å². The Morgan fingerprint density at radius 2 is 1.96 bits per heavy atom. The highest BCUT2D eigenvalue weighted by atomic mass is 19.1. The molecule has 0 spiro atoms. The first-order valence-electron chi connectivity index (χ1n) is 8.39.